The monoisotopic (exact) mass is 398 g/mol. The van der Waals surface area contributed by atoms with E-state index >= 15 is 0 Å². The summed E-state index contributed by atoms with van der Waals surface area (Å²) in [5.41, 5.74) is 1.18. The van der Waals surface area contributed by atoms with E-state index < -0.39 is 4.92 Å². The molecule has 4 aromatic rings. The van der Waals surface area contributed by atoms with Gasteiger partial charge in [0.25, 0.3) is 0 Å². The maximum Gasteiger partial charge on any atom is 0.433 e. The molecule has 3 aromatic heterocycles. The number of furan rings is 2. The van der Waals surface area contributed by atoms with Crippen molar-refractivity contribution >= 4 is 29.1 Å². The topological polar surface area (TPSA) is 99.1 Å². The highest BCUT2D eigenvalue weighted by molar-refractivity contribution is 7.07. The number of nitrogens with zero attached hydrogens (tertiary/aromatic N) is 4. The molecule has 140 valence electrons. The standard InChI is InChI=1S/C18H11FN4O4S/c19-12-3-5-13(6-4-12)21-18-22(15(11-28-18)16-2-1-9-26-16)20-10-14-7-8-17(27-14)23(24)25/h1-11H. The Morgan fingerprint density at radius 1 is 1.18 bits per heavy atom. The van der Waals surface area contributed by atoms with E-state index in [9.17, 15) is 14.5 Å². The number of aromatic nitrogens is 1. The van der Waals surface area contributed by atoms with Crippen LogP contribution >= 0.6 is 11.3 Å². The lowest BCUT2D eigenvalue weighted by molar-refractivity contribution is -0.402. The fraction of sp³-hybridized carbons (Fsp3) is 0. The molecule has 3 heterocycles. The van der Waals surface area contributed by atoms with Gasteiger partial charge in [0.05, 0.1) is 24.2 Å². The molecule has 0 saturated heterocycles. The van der Waals surface area contributed by atoms with Gasteiger partial charge in [-0.1, -0.05) is 0 Å². The Balaban J connectivity index is 1.78. The molecular weight excluding hydrogens is 387 g/mol. The Bertz CT molecular complexity index is 1200. The Kier molecular flexibility index (Phi) is 4.68. The van der Waals surface area contributed by atoms with Crippen molar-refractivity contribution in [2.75, 3.05) is 0 Å². The third-order valence-electron chi connectivity index (χ3n) is 3.60. The van der Waals surface area contributed by atoms with Crippen LogP contribution in [0.5, 0.6) is 0 Å². The largest absolute Gasteiger partial charge is 0.463 e. The summed E-state index contributed by atoms with van der Waals surface area (Å²) >= 11 is 1.31. The van der Waals surface area contributed by atoms with E-state index in [4.69, 9.17) is 8.83 Å². The predicted molar refractivity (Wildman–Crippen MR) is 100.0 cm³/mol. The van der Waals surface area contributed by atoms with Crippen LogP contribution in [0.25, 0.3) is 11.5 Å². The minimum Gasteiger partial charge on any atom is -0.463 e. The van der Waals surface area contributed by atoms with Gasteiger partial charge in [-0.2, -0.15) is 5.10 Å². The Morgan fingerprint density at radius 2 is 2.00 bits per heavy atom. The Labute approximate surface area is 160 Å². The normalized spacial score (nSPS) is 12.1. The fourth-order valence-electron chi connectivity index (χ4n) is 2.33. The molecule has 4 rings (SSSR count). The van der Waals surface area contributed by atoms with Gasteiger partial charge >= 0.3 is 5.88 Å². The number of hydrogen-bond acceptors (Lipinski definition) is 7. The number of hydrogen-bond donors (Lipinski definition) is 0. The number of halogens is 1. The summed E-state index contributed by atoms with van der Waals surface area (Å²) in [6.45, 7) is 0. The molecule has 0 aliphatic heterocycles. The molecule has 0 spiro atoms. The van der Waals surface area contributed by atoms with Crippen molar-refractivity contribution in [3.8, 4) is 11.5 Å². The highest BCUT2D eigenvalue weighted by Crippen LogP contribution is 2.22. The number of thiazole rings is 1. The van der Waals surface area contributed by atoms with Crippen LogP contribution in [0, 0.1) is 15.9 Å². The molecule has 0 radical (unpaired) electrons. The Morgan fingerprint density at radius 3 is 2.68 bits per heavy atom. The van der Waals surface area contributed by atoms with Gasteiger partial charge in [-0.25, -0.2) is 14.1 Å². The van der Waals surface area contributed by atoms with Crippen molar-refractivity contribution in [1.82, 2.24) is 4.68 Å². The molecule has 0 bridgehead atoms. The molecule has 0 aliphatic rings. The van der Waals surface area contributed by atoms with Crippen molar-refractivity contribution in [2.24, 2.45) is 10.1 Å². The van der Waals surface area contributed by atoms with Crippen LogP contribution in [0.3, 0.4) is 0 Å². The van der Waals surface area contributed by atoms with Gasteiger partial charge in [-0.15, -0.1) is 11.3 Å². The zero-order valence-electron chi connectivity index (χ0n) is 14.1. The molecule has 0 unspecified atom stereocenters. The summed E-state index contributed by atoms with van der Waals surface area (Å²) in [4.78, 5) is 15.1. The number of nitro groups is 1. The fourth-order valence-corrected chi connectivity index (χ4v) is 3.17. The molecule has 10 heteroatoms. The summed E-state index contributed by atoms with van der Waals surface area (Å²) in [7, 11) is 0. The molecule has 0 saturated carbocycles. The van der Waals surface area contributed by atoms with Gasteiger partial charge in [0.15, 0.2) is 11.5 Å². The molecule has 0 fully saturated rings. The Hall–Kier alpha value is -3.79. The number of rotatable bonds is 5. The first-order valence-corrected chi connectivity index (χ1v) is 8.81. The van der Waals surface area contributed by atoms with Gasteiger partial charge in [-0.3, -0.25) is 10.1 Å². The van der Waals surface area contributed by atoms with Gasteiger partial charge in [-0.05, 0) is 42.5 Å². The molecule has 0 aliphatic carbocycles. The second-order valence-corrected chi connectivity index (χ2v) is 6.30. The lowest BCUT2D eigenvalue weighted by Gasteiger charge is -2.00. The minimum atomic E-state index is -0.626. The van der Waals surface area contributed by atoms with Crippen molar-refractivity contribution in [3.63, 3.8) is 0 Å². The van der Waals surface area contributed by atoms with E-state index in [-0.39, 0.29) is 17.5 Å². The highest BCUT2D eigenvalue weighted by Gasteiger charge is 2.12. The molecular formula is C18H11FN4O4S. The molecule has 0 amide bonds. The average molecular weight is 398 g/mol. The van der Waals surface area contributed by atoms with Crippen molar-refractivity contribution in [1.29, 1.82) is 0 Å². The first-order chi connectivity index (χ1) is 13.6. The van der Waals surface area contributed by atoms with Gasteiger partial charge in [0.2, 0.25) is 4.80 Å². The van der Waals surface area contributed by atoms with E-state index in [1.165, 1.54) is 52.8 Å². The summed E-state index contributed by atoms with van der Waals surface area (Å²) in [6.07, 6.45) is 2.88. The van der Waals surface area contributed by atoms with Crippen LogP contribution < -0.4 is 4.80 Å². The minimum absolute atomic E-state index is 0.212. The maximum atomic E-state index is 13.1. The van der Waals surface area contributed by atoms with Gasteiger partial charge < -0.3 is 8.83 Å². The first-order valence-electron chi connectivity index (χ1n) is 7.93. The van der Waals surface area contributed by atoms with Gasteiger partial charge in [0, 0.05) is 5.38 Å². The van der Waals surface area contributed by atoms with Gasteiger partial charge in [0.1, 0.15) is 16.4 Å². The summed E-state index contributed by atoms with van der Waals surface area (Å²) in [5.74, 6) is 0.0499. The molecule has 1 aromatic carbocycles. The SMILES string of the molecule is O=[N+]([O-])c1ccc(C=Nn2c(-c3ccco3)csc2=Nc2ccc(F)cc2)o1. The summed E-state index contributed by atoms with van der Waals surface area (Å²) < 4.78 is 25.2. The van der Waals surface area contributed by atoms with Crippen LogP contribution in [-0.4, -0.2) is 15.8 Å². The lowest BCUT2D eigenvalue weighted by Crippen LogP contribution is -2.11. The van der Waals surface area contributed by atoms with E-state index in [1.54, 1.807) is 24.3 Å². The maximum absolute atomic E-state index is 13.1. The zero-order chi connectivity index (χ0) is 19.5. The van der Waals surface area contributed by atoms with E-state index in [0.29, 0.717) is 21.9 Å². The zero-order valence-corrected chi connectivity index (χ0v) is 14.9. The van der Waals surface area contributed by atoms with Crippen molar-refractivity contribution < 1.29 is 18.1 Å². The summed E-state index contributed by atoms with van der Waals surface area (Å²) in [6, 6.07) is 11.9. The molecule has 8 nitrogen and oxygen atoms in total. The van der Waals surface area contributed by atoms with Crippen LogP contribution in [0.1, 0.15) is 5.76 Å². The molecule has 0 N–H and O–H groups in total. The smallest absolute Gasteiger partial charge is 0.433 e. The third-order valence-corrected chi connectivity index (χ3v) is 4.42. The molecule has 0 atom stereocenters. The van der Waals surface area contributed by atoms with E-state index in [1.807, 2.05) is 5.38 Å². The second kappa shape index (κ2) is 7.45. The lowest BCUT2D eigenvalue weighted by atomic mass is 10.3. The second-order valence-electron chi connectivity index (χ2n) is 5.46. The first kappa shape index (κ1) is 17.6. The van der Waals surface area contributed by atoms with Crippen LogP contribution in [-0.2, 0) is 0 Å². The summed E-state index contributed by atoms with van der Waals surface area (Å²) in [5, 5.41) is 16.9. The molecule has 28 heavy (non-hydrogen) atoms. The average Bonchev–Trinajstić information content (AvgIpc) is 3.42. The van der Waals surface area contributed by atoms with E-state index in [2.05, 4.69) is 10.1 Å². The van der Waals surface area contributed by atoms with E-state index in [0.717, 1.165) is 0 Å². The van der Waals surface area contributed by atoms with Crippen molar-refractivity contribution in [3.05, 3.63) is 86.7 Å². The van der Waals surface area contributed by atoms with Crippen LogP contribution in [0.15, 0.2) is 79.1 Å². The van der Waals surface area contributed by atoms with Crippen molar-refractivity contribution in [2.45, 2.75) is 0 Å². The predicted octanol–water partition coefficient (Wildman–Crippen LogP) is 4.56. The quantitative estimate of drug-likeness (QED) is 0.279. The van der Waals surface area contributed by atoms with Crippen LogP contribution in [0.2, 0.25) is 0 Å². The third kappa shape index (κ3) is 3.67. The number of benzene rings is 1. The highest BCUT2D eigenvalue weighted by atomic mass is 32.1. The van der Waals surface area contributed by atoms with Crippen LogP contribution in [0.4, 0.5) is 16.0 Å².